The van der Waals surface area contributed by atoms with Gasteiger partial charge >= 0.3 is 0 Å². The van der Waals surface area contributed by atoms with Crippen molar-refractivity contribution in [3.05, 3.63) is 100 Å². The number of hydrogen-bond donors (Lipinski definition) is 2. The quantitative estimate of drug-likeness (QED) is 0.371. The fourth-order valence-corrected chi connectivity index (χ4v) is 3.05. The minimum Gasteiger partial charge on any atom is -0.340 e. The molecule has 0 atom stereocenters. The average molecular weight is 441 g/mol. The zero-order valence-corrected chi connectivity index (χ0v) is 17.0. The number of benzene rings is 3. The number of hydrogen-bond acceptors (Lipinski definition) is 4. The minimum atomic E-state index is -0.623. The lowest BCUT2D eigenvalue weighted by molar-refractivity contribution is 0.0944. The van der Waals surface area contributed by atoms with Crippen LogP contribution in [0.15, 0.2) is 78.9 Å². The molecular weight excluding hydrogens is 426 g/mol. The molecule has 0 spiro atoms. The molecule has 0 radical (unpaired) electrons. The van der Waals surface area contributed by atoms with E-state index < -0.39 is 11.7 Å². The van der Waals surface area contributed by atoms with Gasteiger partial charge in [0.25, 0.3) is 5.91 Å². The molecule has 1 heterocycles. The maximum Gasteiger partial charge on any atom is 0.283 e. The number of nitrogens with zero attached hydrogens (tertiary/aromatic N) is 2. The highest BCUT2D eigenvalue weighted by Crippen LogP contribution is 2.25. The van der Waals surface area contributed by atoms with Crippen LogP contribution in [-0.2, 0) is 0 Å². The third kappa shape index (κ3) is 4.45. The van der Waals surface area contributed by atoms with Gasteiger partial charge in [0.15, 0.2) is 5.82 Å². The molecule has 4 aromatic rings. The minimum absolute atomic E-state index is 0.0854. The number of nitrogens with one attached hydrogen (secondary N) is 2. The highest BCUT2D eigenvalue weighted by Gasteiger charge is 2.19. The molecule has 0 amide bonds. The van der Waals surface area contributed by atoms with Gasteiger partial charge in [-0.2, -0.15) is 4.68 Å². The number of anilines is 4. The Morgan fingerprint density at radius 2 is 1.40 bits per heavy atom. The van der Waals surface area contributed by atoms with Gasteiger partial charge in [0.1, 0.15) is 11.6 Å². The summed E-state index contributed by atoms with van der Waals surface area (Å²) in [6.07, 6.45) is 0. The first-order valence-electron chi connectivity index (χ1n) is 8.94. The summed E-state index contributed by atoms with van der Waals surface area (Å²) < 4.78 is 15.3. The molecule has 0 saturated heterocycles. The van der Waals surface area contributed by atoms with E-state index in [4.69, 9.17) is 23.2 Å². The van der Waals surface area contributed by atoms with Crippen LogP contribution in [-0.4, -0.2) is 15.7 Å². The van der Waals surface area contributed by atoms with Crippen molar-refractivity contribution in [3.8, 4) is 0 Å². The zero-order valence-electron chi connectivity index (χ0n) is 15.4. The largest absolute Gasteiger partial charge is 0.340 e. The van der Waals surface area contributed by atoms with Gasteiger partial charge in [-0.3, -0.25) is 4.79 Å². The smallest absolute Gasteiger partial charge is 0.283 e. The summed E-state index contributed by atoms with van der Waals surface area (Å²) >= 11 is 11.9. The molecule has 150 valence electrons. The van der Waals surface area contributed by atoms with Crippen molar-refractivity contribution in [2.45, 2.75) is 0 Å². The Hall–Kier alpha value is -3.35. The molecule has 1 aromatic heterocycles. The van der Waals surface area contributed by atoms with Crippen molar-refractivity contribution in [1.82, 2.24) is 9.78 Å². The standard InChI is InChI=1S/C22H15Cl2FN4O/c23-14-5-9-16(10-6-14)26-20-13-21(27-17-11-7-15(24)8-12-17)29(28-20)22(30)18-3-1-2-4-19(18)25/h1-13,27H,(H,26,28). The Kier molecular flexibility index (Phi) is 5.70. The molecular formula is C22H15Cl2FN4O. The van der Waals surface area contributed by atoms with E-state index >= 15 is 0 Å². The van der Waals surface area contributed by atoms with E-state index in [2.05, 4.69) is 15.7 Å². The van der Waals surface area contributed by atoms with Crippen LogP contribution in [0.5, 0.6) is 0 Å². The normalized spacial score (nSPS) is 10.6. The second kappa shape index (κ2) is 8.57. The Balaban J connectivity index is 1.71. The summed E-state index contributed by atoms with van der Waals surface area (Å²) in [6.45, 7) is 0. The maximum absolute atomic E-state index is 14.2. The lowest BCUT2D eigenvalue weighted by atomic mass is 10.2. The second-order valence-electron chi connectivity index (χ2n) is 6.38. The van der Waals surface area contributed by atoms with Crippen molar-refractivity contribution < 1.29 is 9.18 Å². The molecule has 0 aliphatic heterocycles. The van der Waals surface area contributed by atoms with E-state index in [0.29, 0.717) is 27.4 Å². The maximum atomic E-state index is 14.2. The molecule has 3 aromatic carbocycles. The van der Waals surface area contributed by atoms with Crippen LogP contribution in [0.25, 0.3) is 0 Å². The molecule has 4 rings (SSSR count). The number of aromatic nitrogens is 2. The molecule has 0 aliphatic rings. The van der Waals surface area contributed by atoms with Crippen LogP contribution in [0.4, 0.5) is 27.4 Å². The highest BCUT2D eigenvalue weighted by atomic mass is 35.5. The molecule has 0 fully saturated rings. The first-order valence-corrected chi connectivity index (χ1v) is 9.70. The predicted octanol–water partition coefficient (Wildman–Crippen LogP) is 6.50. The molecule has 5 nitrogen and oxygen atoms in total. The van der Waals surface area contributed by atoms with E-state index in [1.165, 1.54) is 18.2 Å². The van der Waals surface area contributed by atoms with Crippen LogP contribution in [0.3, 0.4) is 0 Å². The third-order valence-corrected chi connectivity index (χ3v) is 4.74. The number of carbonyl (C=O) groups is 1. The van der Waals surface area contributed by atoms with Gasteiger partial charge in [-0.05, 0) is 60.7 Å². The monoisotopic (exact) mass is 440 g/mol. The van der Waals surface area contributed by atoms with Crippen molar-refractivity contribution in [2.24, 2.45) is 0 Å². The lowest BCUT2D eigenvalue weighted by Gasteiger charge is -2.09. The number of carbonyl (C=O) groups excluding carboxylic acids is 1. The van der Waals surface area contributed by atoms with Gasteiger partial charge in [-0.15, -0.1) is 5.10 Å². The fraction of sp³-hybridized carbons (Fsp3) is 0. The van der Waals surface area contributed by atoms with E-state index in [9.17, 15) is 9.18 Å². The summed E-state index contributed by atoms with van der Waals surface area (Å²) in [7, 11) is 0. The van der Waals surface area contributed by atoms with Gasteiger partial charge in [-0.1, -0.05) is 35.3 Å². The summed E-state index contributed by atoms with van der Waals surface area (Å²) in [5.41, 5.74) is 1.35. The number of rotatable bonds is 5. The van der Waals surface area contributed by atoms with Gasteiger partial charge in [0.2, 0.25) is 0 Å². The van der Waals surface area contributed by atoms with Gasteiger partial charge < -0.3 is 10.6 Å². The highest BCUT2D eigenvalue weighted by molar-refractivity contribution is 6.30. The SMILES string of the molecule is O=C(c1ccccc1F)n1nc(Nc2ccc(Cl)cc2)cc1Nc1ccc(Cl)cc1. The molecule has 30 heavy (non-hydrogen) atoms. The Labute approximate surface area is 182 Å². The van der Waals surface area contributed by atoms with Gasteiger partial charge in [0, 0.05) is 27.5 Å². The number of halogens is 3. The molecule has 2 N–H and O–H groups in total. The van der Waals surface area contributed by atoms with E-state index in [1.807, 2.05) is 0 Å². The summed E-state index contributed by atoms with van der Waals surface area (Å²) in [4.78, 5) is 13.0. The van der Waals surface area contributed by atoms with Gasteiger partial charge in [-0.25, -0.2) is 4.39 Å². The van der Waals surface area contributed by atoms with Crippen molar-refractivity contribution in [2.75, 3.05) is 10.6 Å². The first-order chi connectivity index (χ1) is 14.5. The topological polar surface area (TPSA) is 59.0 Å². The van der Waals surface area contributed by atoms with Crippen LogP contribution < -0.4 is 10.6 Å². The summed E-state index contributed by atoms with van der Waals surface area (Å²) in [6, 6.07) is 21.4. The second-order valence-corrected chi connectivity index (χ2v) is 7.25. The predicted molar refractivity (Wildman–Crippen MR) is 118 cm³/mol. The Morgan fingerprint density at radius 3 is 2.00 bits per heavy atom. The average Bonchev–Trinajstić information content (AvgIpc) is 3.13. The van der Waals surface area contributed by atoms with Crippen LogP contribution in [0.1, 0.15) is 10.4 Å². The summed E-state index contributed by atoms with van der Waals surface area (Å²) in [5.74, 6) is -0.461. The third-order valence-electron chi connectivity index (χ3n) is 4.24. The van der Waals surface area contributed by atoms with Crippen molar-refractivity contribution in [3.63, 3.8) is 0 Å². The van der Waals surface area contributed by atoms with E-state index in [0.717, 1.165) is 10.4 Å². The van der Waals surface area contributed by atoms with Gasteiger partial charge in [0.05, 0.1) is 5.56 Å². The Bertz CT molecular complexity index is 1190. The lowest BCUT2D eigenvalue weighted by Crippen LogP contribution is -2.17. The molecule has 0 saturated carbocycles. The molecule has 8 heteroatoms. The Morgan fingerprint density at radius 1 is 0.833 bits per heavy atom. The van der Waals surface area contributed by atoms with Crippen LogP contribution in [0, 0.1) is 5.82 Å². The van der Waals surface area contributed by atoms with Crippen LogP contribution >= 0.6 is 23.2 Å². The molecule has 0 aliphatic carbocycles. The van der Waals surface area contributed by atoms with Crippen molar-refractivity contribution in [1.29, 1.82) is 0 Å². The molecule has 0 bridgehead atoms. The van der Waals surface area contributed by atoms with E-state index in [-0.39, 0.29) is 5.56 Å². The van der Waals surface area contributed by atoms with E-state index in [1.54, 1.807) is 60.7 Å². The molecule has 0 unspecified atom stereocenters. The van der Waals surface area contributed by atoms with Crippen LogP contribution in [0.2, 0.25) is 10.0 Å². The zero-order chi connectivity index (χ0) is 21.1. The fourth-order valence-electron chi connectivity index (χ4n) is 2.80. The first kappa shape index (κ1) is 19.9. The van der Waals surface area contributed by atoms with Crippen molar-refractivity contribution >= 4 is 52.1 Å². The summed E-state index contributed by atoms with van der Waals surface area (Å²) in [5, 5.41) is 11.7.